The van der Waals surface area contributed by atoms with Gasteiger partial charge in [0.05, 0.1) is 0 Å². The number of nitrogens with zero attached hydrogens (tertiary/aromatic N) is 1. The van der Waals surface area contributed by atoms with Crippen molar-refractivity contribution in [3.05, 3.63) is 34.9 Å². The number of likely N-dealkylation sites (tertiary alicyclic amines) is 1. The van der Waals surface area contributed by atoms with Crippen LogP contribution in [0.1, 0.15) is 36.0 Å². The minimum absolute atomic E-state index is 0.253. The number of halogens is 1. The van der Waals surface area contributed by atoms with E-state index in [-0.39, 0.29) is 5.91 Å². The molecule has 0 saturated carbocycles. The smallest absolute Gasteiger partial charge is 0.326 e. The molecule has 1 N–H and O–H groups in total. The van der Waals surface area contributed by atoms with Crippen molar-refractivity contribution in [3.8, 4) is 0 Å². The van der Waals surface area contributed by atoms with Crippen LogP contribution >= 0.6 is 11.6 Å². The fraction of sp³-hybridized carbons (Fsp3) is 0.429. The molecule has 4 nitrogen and oxygen atoms in total. The van der Waals surface area contributed by atoms with Gasteiger partial charge in [-0.15, -0.1) is 0 Å². The van der Waals surface area contributed by atoms with Crippen LogP contribution in [-0.4, -0.2) is 34.5 Å². The zero-order valence-electron chi connectivity index (χ0n) is 10.5. The van der Waals surface area contributed by atoms with Gasteiger partial charge in [-0.1, -0.05) is 30.5 Å². The number of aliphatic carboxylic acids is 1. The number of carboxylic acids is 1. The van der Waals surface area contributed by atoms with E-state index in [1.165, 1.54) is 4.90 Å². The highest BCUT2D eigenvalue weighted by atomic mass is 35.5. The topological polar surface area (TPSA) is 57.6 Å². The van der Waals surface area contributed by atoms with Gasteiger partial charge < -0.3 is 10.0 Å². The van der Waals surface area contributed by atoms with E-state index in [0.717, 1.165) is 19.3 Å². The molecule has 1 aliphatic rings. The summed E-state index contributed by atoms with van der Waals surface area (Å²) in [5, 5.41) is 9.74. The van der Waals surface area contributed by atoms with Gasteiger partial charge in [0.25, 0.3) is 5.91 Å². The first-order valence-corrected chi connectivity index (χ1v) is 6.77. The van der Waals surface area contributed by atoms with E-state index in [1.54, 1.807) is 24.3 Å². The number of carboxylic acid groups (broad SMARTS) is 1. The quantitative estimate of drug-likeness (QED) is 0.907. The number of hydrogen-bond acceptors (Lipinski definition) is 2. The molecule has 1 aromatic rings. The molecule has 0 radical (unpaired) electrons. The second-order valence-corrected chi connectivity index (χ2v) is 5.15. The number of carbonyl (C=O) groups is 2. The molecule has 1 unspecified atom stereocenters. The summed E-state index contributed by atoms with van der Waals surface area (Å²) in [6, 6.07) is 5.90. The molecule has 1 heterocycles. The van der Waals surface area contributed by atoms with E-state index in [9.17, 15) is 14.7 Å². The van der Waals surface area contributed by atoms with Gasteiger partial charge in [-0.2, -0.15) is 0 Å². The highest BCUT2D eigenvalue weighted by Crippen LogP contribution is 2.21. The Morgan fingerprint density at radius 1 is 1.26 bits per heavy atom. The highest BCUT2D eigenvalue weighted by Gasteiger charge is 2.31. The zero-order valence-corrected chi connectivity index (χ0v) is 11.3. The maximum atomic E-state index is 12.4. The van der Waals surface area contributed by atoms with Gasteiger partial charge in [0, 0.05) is 17.1 Å². The Morgan fingerprint density at radius 3 is 2.74 bits per heavy atom. The summed E-state index contributed by atoms with van der Waals surface area (Å²) >= 11 is 5.87. The Hall–Kier alpha value is -1.55. The van der Waals surface area contributed by atoms with Crippen LogP contribution in [0.4, 0.5) is 0 Å². The molecule has 1 aromatic carbocycles. The Labute approximate surface area is 117 Å². The van der Waals surface area contributed by atoms with Gasteiger partial charge in [-0.3, -0.25) is 4.79 Å². The van der Waals surface area contributed by atoms with Crippen molar-refractivity contribution < 1.29 is 14.7 Å². The lowest BCUT2D eigenvalue weighted by atomic mass is 10.1. The van der Waals surface area contributed by atoms with Gasteiger partial charge in [-0.25, -0.2) is 4.79 Å². The third-order valence-corrected chi connectivity index (χ3v) is 3.61. The highest BCUT2D eigenvalue weighted by molar-refractivity contribution is 6.30. The minimum Gasteiger partial charge on any atom is -0.480 e. The van der Waals surface area contributed by atoms with Crippen LogP contribution in [0.5, 0.6) is 0 Å². The molecule has 1 saturated heterocycles. The Morgan fingerprint density at radius 2 is 2.05 bits per heavy atom. The molecule has 1 atom stereocenters. The standard InChI is InChI=1S/C14H16ClNO3/c15-11-6-4-5-10(9-11)13(17)16-8-3-1-2-7-12(16)14(18)19/h4-6,9,12H,1-3,7-8H2,(H,18,19). The summed E-state index contributed by atoms with van der Waals surface area (Å²) in [6.07, 6.45) is 3.16. The maximum absolute atomic E-state index is 12.4. The fourth-order valence-electron chi connectivity index (χ4n) is 2.40. The molecule has 0 spiro atoms. The number of rotatable bonds is 2. The molecule has 19 heavy (non-hydrogen) atoms. The molecule has 2 rings (SSSR count). The van der Waals surface area contributed by atoms with Crippen molar-refractivity contribution in [2.75, 3.05) is 6.54 Å². The minimum atomic E-state index is -0.933. The summed E-state index contributed by atoms with van der Waals surface area (Å²) < 4.78 is 0. The van der Waals surface area contributed by atoms with Gasteiger partial charge in [0.15, 0.2) is 0 Å². The second-order valence-electron chi connectivity index (χ2n) is 4.71. The van der Waals surface area contributed by atoms with Gasteiger partial charge >= 0.3 is 5.97 Å². The first-order chi connectivity index (χ1) is 9.09. The fourth-order valence-corrected chi connectivity index (χ4v) is 2.59. The van der Waals surface area contributed by atoms with E-state index in [0.29, 0.717) is 23.6 Å². The number of benzene rings is 1. The normalized spacial score (nSPS) is 19.8. The molecule has 0 bridgehead atoms. The summed E-state index contributed by atoms with van der Waals surface area (Å²) in [6.45, 7) is 0.488. The molecule has 1 aliphatic heterocycles. The number of amides is 1. The summed E-state index contributed by atoms with van der Waals surface area (Å²) in [5.41, 5.74) is 0.445. The van der Waals surface area contributed by atoms with E-state index in [4.69, 9.17) is 11.6 Å². The van der Waals surface area contributed by atoms with Crippen LogP contribution in [0.25, 0.3) is 0 Å². The summed E-state index contributed by atoms with van der Waals surface area (Å²) in [4.78, 5) is 25.2. The third-order valence-electron chi connectivity index (χ3n) is 3.37. The van der Waals surface area contributed by atoms with Crippen LogP contribution in [0.2, 0.25) is 5.02 Å². The average molecular weight is 282 g/mol. The Bertz CT molecular complexity index is 489. The Balaban J connectivity index is 2.26. The largest absolute Gasteiger partial charge is 0.480 e. The molecule has 1 amide bonds. The second kappa shape index (κ2) is 6.06. The lowest BCUT2D eigenvalue weighted by Gasteiger charge is -2.27. The van der Waals surface area contributed by atoms with Crippen LogP contribution in [-0.2, 0) is 4.79 Å². The lowest BCUT2D eigenvalue weighted by molar-refractivity contribution is -0.142. The van der Waals surface area contributed by atoms with Crippen LogP contribution < -0.4 is 0 Å². The summed E-state index contributed by atoms with van der Waals surface area (Å²) in [7, 11) is 0. The van der Waals surface area contributed by atoms with Crippen molar-refractivity contribution in [3.63, 3.8) is 0 Å². The van der Waals surface area contributed by atoms with Crippen LogP contribution in [0.15, 0.2) is 24.3 Å². The van der Waals surface area contributed by atoms with Crippen molar-refractivity contribution in [1.82, 2.24) is 4.90 Å². The number of carbonyl (C=O) groups excluding carboxylic acids is 1. The van der Waals surface area contributed by atoms with Crippen LogP contribution in [0.3, 0.4) is 0 Å². The molecule has 102 valence electrons. The van der Waals surface area contributed by atoms with Crippen molar-refractivity contribution in [2.45, 2.75) is 31.7 Å². The van der Waals surface area contributed by atoms with Crippen LogP contribution in [0, 0.1) is 0 Å². The molecule has 1 fully saturated rings. The lowest BCUT2D eigenvalue weighted by Crippen LogP contribution is -2.44. The zero-order chi connectivity index (χ0) is 13.8. The monoisotopic (exact) mass is 281 g/mol. The first-order valence-electron chi connectivity index (χ1n) is 6.39. The van der Waals surface area contributed by atoms with E-state index in [2.05, 4.69) is 0 Å². The van der Waals surface area contributed by atoms with Crippen molar-refractivity contribution in [1.29, 1.82) is 0 Å². The molecule has 5 heteroatoms. The van der Waals surface area contributed by atoms with E-state index >= 15 is 0 Å². The maximum Gasteiger partial charge on any atom is 0.326 e. The molecule has 0 aliphatic carbocycles. The van der Waals surface area contributed by atoms with Crippen molar-refractivity contribution in [2.24, 2.45) is 0 Å². The molecular formula is C14H16ClNO3. The summed E-state index contributed by atoms with van der Waals surface area (Å²) in [5.74, 6) is -1.19. The van der Waals surface area contributed by atoms with Gasteiger partial charge in [0.2, 0.25) is 0 Å². The third kappa shape index (κ3) is 3.26. The molecule has 0 aromatic heterocycles. The predicted molar refractivity (Wildman–Crippen MR) is 72.4 cm³/mol. The van der Waals surface area contributed by atoms with E-state index in [1.807, 2.05) is 0 Å². The van der Waals surface area contributed by atoms with E-state index < -0.39 is 12.0 Å². The van der Waals surface area contributed by atoms with Gasteiger partial charge in [0.1, 0.15) is 6.04 Å². The number of hydrogen-bond donors (Lipinski definition) is 1. The van der Waals surface area contributed by atoms with Crippen molar-refractivity contribution >= 4 is 23.5 Å². The van der Waals surface area contributed by atoms with Gasteiger partial charge in [-0.05, 0) is 31.0 Å². The SMILES string of the molecule is O=C(O)C1CCCCCN1C(=O)c1cccc(Cl)c1. The Kier molecular flexibility index (Phi) is 4.43. The average Bonchev–Trinajstić information content (AvgIpc) is 2.63. The predicted octanol–water partition coefficient (Wildman–Crippen LogP) is 2.81. The first kappa shape index (κ1) is 13.9. The molecular weight excluding hydrogens is 266 g/mol.